The normalized spacial score (nSPS) is 16.5. The van der Waals surface area contributed by atoms with Crippen LogP contribution in [0.15, 0.2) is 24.3 Å². The summed E-state index contributed by atoms with van der Waals surface area (Å²) >= 11 is 3.31. The molecule has 0 spiro atoms. The molecule has 51 valence electrons. The first-order chi connectivity index (χ1) is 4.86. The van der Waals surface area contributed by atoms with E-state index in [-0.39, 0.29) is 0 Å². The van der Waals surface area contributed by atoms with Crippen molar-refractivity contribution in [2.45, 2.75) is 6.42 Å². The highest BCUT2D eigenvalue weighted by Gasteiger charge is 2.20. The second-order valence-electron chi connectivity index (χ2n) is 2.24. The number of rotatable bonds is 0. The first-order valence-corrected chi connectivity index (χ1v) is 3.92. The van der Waals surface area contributed by atoms with Gasteiger partial charge in [-0.3, -0.25) is 0 Å². The predicted octanol–water partition coefficient (Wildman–Crippen LogP) is 2.51. The van der Waals surface area contributed by atoms with Crippen molar-refractivity contribution in [2.75, 3.05) is 0 Å². The van der Waals surface area contributed by atoms with E-state index in [1.165, 1.54) is 5.56 Å². The van der Waals surface area contributed by atoms with Crippen LogP contribution in [0.1, 0.15) is 5.56 Å². The first kappa shape index (κ1) is 6.23. The zero-order chi connectivity index (χ0) is 6.97. The molecule has 2 heteroatoms. The molecule has 0 aromatic heterocycles. The van der Waals surface area contributed by atoms with E-state index in [4.69, 9.17) is 4.74 Å². The number of hydrogen-bond acceptors (Lipinski definition) is 1. The van der Waals surface area contributed by atoms with Gasteiger partial charge in [0.1, 0.15) is 5.75 Å². The lowest BCUT2D eigenvalue weighted by Crippen LogP contribution is -1.88. The molecule has 1 nitrogen and oxygen atoms in total. The van der Waals surface area contributed by atoms with E-state index in [0.717, 1.165) is 17.2 Å². The van der Waals surface area contributed by atoms with Gasteiger partial charge in [0, 0.05) is 6.42 Å². The van der Waals surface area contributed by atoms with Crippen LogP contribution >= 0.6 is 15.9 Å². The molecule has 0 amide bonds. The van der Waals surface area contributed by atoms with Crippen LogP contribution in [0.4, 0.5) is 0 Å². The summed E-state index contributed by atoms with van der Waals surface area (Å²) in [7, 11) is 0. The molecule has 1 aliphatic heterocycles. The number of para-hydroxylation sites is 1. The Morgan fingerprint density at radius 2 is 2.10 bits per heavy atom. The Kier molecular flexibility index (Phi) is 1.42. The second kappa shape index (κ2) is 2.27. The zero-order valence-corrected chi connectivity index (χ0v) is 6.89. The van der Waals surface area contributed by atoms with Crippen molar-refractivity contribution in [3.8, 4) is 5.75 Å². The maximum absolute atomic E-state index is 5.34. The van der Waals surface area contributed by atoms with Gasteiger partial charge in [-0.05, 0) is 27.6 Å². The van der Waals surface area contributed by atoms with Gasteiger partial charge in [0.25, 0.3) is 0 Å². The van der Waals surface area contributed by atoms with Crippen molar-refractivity contribution >= 4 is 15.9 Å². The molecule has 0 atom stereocenters. The van der Waals surface area contributed by atoms with Crippen LogP contribution in [0.5, 0.6) is 5.75 Å². The predicted molar refractivity (Wildman–Crippen MR) is 42.9 cm³/mol. The van der Waals surface area contributed by atoms with Gasteiger partial charge in [0.2, 0.25) is 5.01 Å². The summed E-state index contributed by atoms with van der Waals surface area (Å²) in [6, 6.07) is 8.05. The lowest BCUT2D eigenvalue weighted by Gasteiger charge is -1.97. The Morgan fingerprint density at radius 1 is 1.30 bits per heavy atom. The highest BCUT2D eigenvalue weighted by molar-refractivity contribution is 9.11. The average Bonchev–Trinajstić information content (AvgIpc) is 2.27. The fourth-order valence-corrected chi connectivity index (χ4v) is 1.53. The monoisotopic (exact) mass is 197 g/mol. The Balaban J connectivity index is 2.42. The lowest BCUT2D eigenvalue weighted by atomic mass is 10.2. The van der Waals surface area contributed by atoms with E-state index in [1.807, 2.05) is 18.2 Å². The largest absolute Gasteiger partial charge is 0.470 e. The molecule has 10 heavy (non-hydrogen) atoms. The van der Waals surface area contributed by atoms with E-state index in [0.29, 0.717) is 0 Å². The molecule has 0 aliphatic carbocycles. The molecule has 0 saturated carbocycles. The van der Waals surface area contributed by atoms with Crippen molar-refractivity contribution in [1.29, 1.82) is 0 Å². The topological polar surface area (TPSA) is 9.23 Å². The molecule has 1 heterocycles. The summed E-state index contributed by atoms with van der Waals surface area (Å²) in [5.74, 6) is 0.981. The van der Waals surface area contributed by atoms with E-state index in [1.54, 1.807) is 0 Å². The summed E-state index contributed by atoms with van der Waals surface area (Å²) < 4.78 is 5.34. The molecule has 1 aromatic rings. The highest BCUT2D eigenvalue weighted by Crippen LogP contribution is 2.34. The van der Waals surface area contributed by atoms with Gasteiger partial charge in [0.15, 0.2) is 0 Å². The molecule has 0 N–H and O–H groups in total. The van der Waals surface area contributed by atoms with Crippen LogP contribution in [-0.4, -0.2) is 0 Å². The molecule has 0 saturated heterocycles. The molecule has 0 bridgehead atoms. The lowest BCUT2D eigenvalue weighted by molar-refractivity contribution is 0.418. The fourth-order valence-electron chi connectivity index (χ4n) is 1.05. The number of benzene rings is 1. The minimum atomic E-state index is 0.899. The van der Waals surface area contributed by atoms with E-state index in [9.17, 15) is 0 Å². The van der Waals surface area contributed by atoms with Crippen LogP contribution in [-0.2, 0) is 6.42 Å². The third kappa shape index (κ3) is 0.926. The molecule has 0 unspecified atom stereocenters. The van der Waals surface area contributed by atoms with Crippen molar-refractivity contribution in [3.05, 3.63) is 34.8 Å². The minimum Gasteiger partial charge on any atom is -0.470 e. The molecule has 0 fully saturated rings. The molecular weight excluding hydrogens is 192 g/mol. The zero-order valence-electron chi connectivity index (χ0n) is 5.30. The van der Waals surface area contributed by atoms with Crippen LogP contribution < -0.4 is 4.74 Å². The molecule has 1 radical (unpaired) electrons. The standard InChI is InChI=1S/C8H6BrO/c9-8-5-6-3-1-2-4-7(6)10-8/h1-4H,5H2. The molecule has 2 rings (SSSR count). The van der Waals surface area contributed by atoms with E-state index < -0.39 is 0 Å². The SMILES string of the molecule is Br[C]1Cc2ccccc2O1. The number of halogens is 1. The van der Waals surface area contributed by atoms with Crippen LogP contribution in [0.2, 0.25) is 0 Å². The Bertz CT molecular complexity index is 222. The maximum Gasteiger partial charge on any atom is 0.216 e. The fraction of sp³-hybridized carbons (Fsp3) is 0.125. The first-order valence-electron chi connectivity index (χ1n) is 3.13. The third-order valence-corrected chi connectivity index (χ3v) is 1.96. The van der Waals surface area contributed by atoms with Crippen molar-refractivity contribution < 1.29 is 4.74 Å². The molecule has 1 aliphatic rings. The van der Waals surface area contributed by atoms with Gasteiger partial charge in [-0.25, -0.2) is 0 Å². The smallest absolute Gasteiger partial charge is 0.216 e. The summed E-state index contributed by atoms with van der Waals surface area (Å²) in [6.45, 7) is 0. The molecule has 1 aromatic carbocycles. The summed E-state index contributed by atoms with van der Waals surface area (Å²) in [6.07, 6.45) is 0.899. The van der Waals surface area contributed by atoms with Crippen molar-refractivity contribution in [3.63, 3.8) is 0 Å². The minimum absolute atomic E-state index is 0.899. The summed E-state index contributed by atoms with van der Waals surface area (Å²) in [5.41, 5.74) is 1.26. The van der Waals surface area contributed by atoms with Crippen molar-refractivity contribution in [1.82, 2.24) is 0 Å². The van der Waals surface area contributed by atoms with Gasteiger partial charge in [0.05, 0.1) is 0 Å². The van der Waals surface area contributed by atoms with Gasteiger partial charge in [-0.15, -0.1) is 0 Å². The Morgan fingerprint density at radius 3 is 2.90 bits per heavy atom. The van der Waals surface area contributed by atoms with E-state index in [2.05, 4.69) is 22.0 Å². The summed E-state index contributed by atoms with van der Waals surface area (Å²) in [4.78, 5) is 0. The van der Waals surface area contributed by atoms with Crippen molar-refractivity contribution in [2.24, 2.45) is 0 Å². The second-order valence-corrected chi connectivity index (χ2v) is 3.13. The van der Waals surface area contributed by atoms with Gasteiger partial charge in [-0.1, -0.05) is 18.2 Å². The van der Waals surface area contributed by atoms with Gasteiger partial charge < -0.3 is 4.74 Å². The molecular formula is C8H6BrO. The number of ether oxygens (including phenoxy) is 1. The number of hydrogen-bond donors (Lipinski definition) is 0. The van der Waals surface area contributed by atoms with Crippen LogP contribution in [0, 0.1) is 5.01 Å². The summed E-state index contributed by atoms with van der Waals surface area (Å²) in [5, 5.41) is 0.911. The third-order valence-electron chi connectivity index (χ3n) is 1.52. The highest BCUT2D eigenvalue weighted by atomic mass is 79.9. The van der Waals surface area contributed by atoms with Crippen LogP contribution in [0.3, 0.4) is 0 Å². The van der Waals surface area contributed by atoms with Crippen LogP contribution in [0.25, 0.3) is 0 Å². The number of fused-ring (bicyclic) bond motifs is 1. The Labute approximate surface area is 68.1 Å². The average molecular weight is 198 g/mol. The Hall–Kier alpha value is -0.500. The van der Waals surface area contributed by atoms with Gasteiger partial charge in [-0.2, -0.15) is 0 Å². The van der Waals surface area contributed by atoms with E-state index >= 15 is 0 Å². The maximum atomic E-state index is 5.34. The quantitative estimate of drug-likeness (QED) is 0.622. The van der Waals surface area contributed by atoms with Gasteiger partial charge >= 0.3 is 0 Å².